The second kappa shape index (κ2) is 3.48. The molecule has 1 rings (SSSR count). The molecule has 2 heteroatoms. The summed E-state index contributed by atoms with van der Waals surface area (Å²) >= 11 is 0. The van der Waals surface area contributed by atoms with Crippen molar-refractivity contribution in [2.75, 3.05) is 20.3 Å². The molecule has 0 aliphatic carbocycles. The molecule has 0 amide bonds. The lowest BCUT2D eigenvalue weighted by Crippen LogP contribution is -2.58. The largest absolute Gasteiger partial charge is 0.376 e. The van der Waals surface area contributed by atoms with E-state index in [1.165, 1.54) is 5.57 Å². The Morgan fingerprint density at radius 1 is 1.50 bits per heavy atom. The number of nitrogens with zero attached hydrogens (tertiary/aromatic N) is 1. The van der Waals surface area contributed by atoms with Crippen LogP contribution in [0.25, 0.3) is 0 Å². The van der Waals surface area contributed by atoms with Crippen molar-refractivity contribution < 1.29 is 4.74 Å². The topological polar surface area (TPSA) is 12.5 Å². The fourth-order valence-corrected chi connectivity index (χ4v) is 1.52. The smallest absolute Gasteiger partial charge is 0.0856 e. The van der Waals surface area contributed by atoms with Crippen LogP contribution in [0.15, 0.2) is 11.8 Å². The van der Waals surface area contributed by atoms with Gasteiger partial charge in [0.25, 0.3) is 0 Å². The minimum Gasteiger partial charge on any atom is -0.376 e. The second-order valence-corrected chi connectivity index (χ2v) is 3.89. The molecule has 1 heterocycles. The van der Waals surface area contributed by atoms with Crippen molar-refractivity contribution in [1.29, 1.82) is 0 Å². The standard InChI is InChI=1S/C10H19NO/c1-5-10(7-12-8-10)11(4)6-9(2)3/h6H,5,7-8H2,1-4H3. The molecule has 0 bridgehead atoms. The highest BCUT2D eigenvalue weighted by molar-refractivity contribution is 5.02. The molecule has 0 radical (unpaired) electrons. The fourth-order valence-electron chi connectivity index (χ4n) is 1.52. The normalized spacial score (nSPS) is 19.7. The Morgan fingerprint density at radius 2 is 2.08 bits per heavy atom. The molecule has 1 aliphatic heterocycles. The molecule has 12 heavy (non-hydrogen) atoms. The van der Waals surface area contributed by atoms with Crippen molar-refractivity contribution >= 4 is 0 Å². The Hall–Kier alpha value is -0.500. The van der Waals surface area contributed by atoms with Crippen LogP contribution in [-0.4, -0.2) is 30.7 Å². The number of ether oxygens (including phenoxy) is 1. The first-order valence-corrected chi connectivity index (χ1v) is 4.56. The maximum Gasteiger partial charge on any atom is 0.0856 e. The van der Waals surface area contributed by atoms with E-state index in [0.29, 0.717) is 0 Å². The van der Waals surface area contributed by atoms with Crippen molar-refractivity contribution in [3.63, 3.8) is 0 Å². The summed E-state index contributed by atoms with van der Waals surface area (Å²) in [5.41, 5.74) is 1.63. The van der Waals surface area contributed by atoms with Crippen LogP contribution in [0.1, 0.15) is 27.2 Å². The maximum absolute atomic E-state index is 5.26. The molecular weight excluding hydrogens is 150 g/mol. The zero-order valence-electron chi connectivity index (χ0n) is 8.55. The molecule has 1 saturated heterocycles. The highest BCUT2D eigenvalue weighted by Gasteiger charge is 2.39. The molecular formula is C10H19NO. The van der Waals surface area contributed by atoms with Gasteiger partial charge in [-0.1, -0.05) is 12.5 Å². The molecule has 0 aromatic heterocycles. The van der Waals surface area contributed by atoms with Gasteiger partial charge in [0.05, 0.1) is 18.8 Å². The molecule has 0 atom stereocenters. The molecule has 0 aromatic rings. The van der Waals surface area contributed by atoms with Gasteiger partial charge in [-0.2, -0.15) is 0 Å². The van der Waals surface area contributed by atoms with Gasteiger partial charge in [0.15, 0.2) is 0 Å². The van der Waals surface area contributed by atoms with Crippen LogP contribution in [0.3, 0.4) is 0 Å². The third kappa shape index (κ3) is 1.63. The highest BCUT2D eigenvalue weighted by Crippen LogP contribution is 2.27. The van der Waals surface area contributed by atoms with Crippen molar-refractivity contribution in [3.8, 4) is 0 Å². The molecule has 0 saturated carbocycles. The van der Waals surface area contributed by atoms with Gasteiger partial charge in [0, 0.05) is 7.05 Å². The fraction of sp³-hybridized carbons (Fsp3) is 0.800. The summed E-state index contributed by atoms with van der Waals surface area (Å²) in [5.74, 6) is 0. The van der Waals surface area contributed by atoms with Gasteiger partial charge in [0.2, 0.25) is 0 Å². The average molecular weight is 169 g/mol. The van der Waals surface area contributed by atoms with Gasteiger partial charge < -0.3 is 9.64 Å². The van der Waals surface area contributed by atoms with Crippen molar-refractivity contribution in [1.82, 2.24) is 4.90 Å². The highest BCUT2D eigenvalue weighted by atomic mass is 16.5. The number of hydrogen-bond donors (Lipinski definition) is 0. The van der Waals surface area contributed by atoms with E-state index in [0.717, 1.165) is 19.6 Å². The first-order valence-electron chi connectivity index (χ1n) is 4.56. The monoisotopic (exact) mass is 169 g/mol. The van der Waals surface area contributed by atoms with Gasteiger partial charge in [-0.25, -0.2) is 0 Å². The Kier molecular flexibility index (Phi) is 2.78. The molecule has 2 nitrogen and oxygen atoms in total. The number of hydrogen-bond acceptors (Lipinski definition) is 2. The van der Waals surface area contributed by atoms with E-state index in [2.05, 4.69) is 38.9 Å². The van der Waals surface area contributed by atoms with E-state index in [9.17, 15) is 0 Å². The molecule has 1 fully saturated rings. The van der Waals surface area contributed by atoms with E-state index in [1.807, 2.05) is 0 Å². The molecule has 0 spiro atoms. The van der Waals surface area contributed by atoms with Gasteiger partial charge in [-0.3, -0.25) is 0 Å². The van der Waals surface area contributed by atoms with Gasteiger partial charge >= 0.3 is 0 Å². The quantitative estimate of drug-likeness (QED) is 0.641. The second-order valence-electron chi connectivity index (χ2n) is 3.89. The summed E-state index contributed by atoms with van der Waals surface area (Å²) in [6.07, 6.45) is 3.36. The first kappa shape index (κ1) is 9.59. The van der Waals surface area contributed by atoms with E-state index in [-0.39, 0.29) is 5.54 Å². The minimum absolute atomic E-state index is 0.289. The van der Waals surface area contributed by atoms with Gasteiger partial charge in [-0.15, -0.1) is 0 Å². The Balaban J connectivity index is 2.60. The van der Waals surface area contributed by atoms with E-state index < -0.39 is 0 Å². The molecule has 0 N–H and O–H groups in total. The number of rotatable bonds is 3. The van der Waals surface area contributed by atoms with E-state index in [4.69, 9.17) is 4.74 Å². The van der Waals surface area contributed by atoms with Crippen LogP contribution in [-0.2, 0) is 4.74 Å². The van der Waals surface area contributed by atoms with Crippen LogP contribution in [0.5, 0.6) is 0 Å². The molecule has 1 aliphatic rings. The van der Waals surface area contributed by atoms with Crippen LogP contribution in [0.2, 0.25) is 0 Å². The predicted molar refractivity (Wildman–Crippen MR) is 51.0 cm³/mol. The lowest BCUT2D eigenvalue weighted by Gasteiger charge is -2.47. The Morgan fingerprint density at radius 3 is 2.33 bits per heavy atom. The zero-order valence-corrected chi connectivity index (χ0v) is 8.55. The Bertz CT molecular complexity index is 173. The summed E-state index contributed by atoms with van der Waals surface area (Å²) in [5, 5.41) is 0. The third-order valence-electron chi connectivity index (χ3n) is 2.60. The number of likely N-dealkylation sites (N-methyl/N-ethyl adjacent to an activating group) is 1. The Labute approximate surface area is 75.2 Å². The van der Waals surface area contributed by atoms with Crippen molar-refractivity contribution in [2.45, 2.75) is 32.7 Å². The SMILES string of the molecule is CCC1(N(C)C=C(C)C)COC1. The maximum atomic E-state index is 5.26. The molecule has 0 unspecified atom stereocenters. The van der Waals surface area contributed by atoms with Gasteiger partial charge in [-0.05, 0) is 26.5 Å². The van der Waals surface area contributed by atoms with Crippen LogP contribution in [0, 0.1) is 0 Å². The first-order chi connectivity index (χ1) is 5.60. The van der Waals surface area contributed by atoms with Crippen LogP contribution >= 0.6 is 0 Å². The lowest BCUT2D eigenvalue weighted by molar-refractivity contribution is -0.119. The zero-order chi connectivity index (χ0) is 9.19. The van der Waals surface area contributed by atoms with Crippen molar-refractivity contribution in [3.05, 3.63) is 11.8 Å². The van der Waals surface area contributed by atoms with E-state index in [1.54, 1.807) is 0 Å². The van der Waals surface area contributed by atoms with E-state index >= 15 is 0 Å². The average Bonchev–Trinajstić information content (AvgIpc) is 1.83. The molecule has 70 valence electrons. The van der Waals surface area contributed by atoms with Crippen molar-refractivity contribution in [2.24, 2.45) is 0 Å². The van der Waals surface area contributed by atoms with Gasteiger partial charge in [0.1, 0.15) is 0 Å². The summed E-state index contributed by atoms with van der Waals surface area (Å²) in [6, 6.07) is 0. The summed E-state index contributed by atoms with van der Waals surface area (Å²) in [4.78, 5) is 2.30. The summed E-state index contributed by atoms with van der Waals surface area (Å²) in [7, 11) is 2.14. The van der Waals surface area contributed by atoms with Crippen LogP contribution in [0.4, 0.5) is 0 Å². The number of allylic oxidation sites excluding steroid dienone is 1. The van der Waals surface area contributed by atoms with Crippen LogP contribution < -0.4 is 0 Å². The minimum atomic E-state index is 0.289. The lowest BCUT2D eigenvalue weighted by atomic mass is 9.92. The molecule has 0 aromatic carbocycles. The summed E-state index contributed by atoms with van der Waals surface area (Å²) in [6.45, 7) is 8.23. The predicted octanol–water partition coefficient (Wildman–Crippen LogP) is 2.02. The third-order valence-corrected chi connectivity index (χ3v) is 2.60. The summed E-state index contributed by atoms with van der Waals surface area (Å²) < 4.78 is 5.26.